The minimum atomic E-state index is 0.538. The molecule has 24 heavy (non-hydrogen) atoms. The van der Waals surface area contributed by atoms with Gasteiger partial charge in [0.15, 0.2) is 5.82 Å². The molecular formula is C19H23N5. The van der Waals surface area contributed by atoms with Gasteiger partial charge in [0.2, 0.25) is 0 Å². The fourth-order valence-electron chi connectivity index (χ4n) is 3.52. The van der Waals surface area contributed by atoms with Crippen LogP contribution in [0.2, 0.25) is 0 Å². The van der Waals surface area contributed by atoms with Gasteiger partial charge in [-0.2, -0.15) is 5.10 Å². The first kappa shape index (κ1) is 15.0. The molecule has 0 bridgehead atoms. The average molecular weight is 321 g/mol. The Kier molecular flexibility index (Phi) is 3.84. The molecule has 0 spiro atoms. The number of nitrogens with one attached hydrogen (secondary N) is 2. The van der Waals surface area contributed by atoms with Crippen molar-refractivity contribution in [2.75, 3.05) is 11.1 Å². The van der Waals surface area contributed by atoms with Gasteiger partial charge in [0.1, 0.15) is 5.82 Å². The van der Waals surface area contributed by atoms with Crippen molar-refractivity contribution in [3.63, 3.8) is 0 Å². The lowest BCUT2D eigenvalue weighted by Crippen LogP contribution is -2.25. The van der Waals surface area contributed by atoms with E-state index in [2.05, 4.69) is 45.6 Å². The number of hydrogen-bond acceptors (Lipinski definition) is 4. The summed E-state index contributed by atoms with van der Waals surface area (Å²) >= 11 is 0. The molecule has 1 aromatic carbocycles. The second kappa shape index (κ2) is 6.15. The molecule has 4 N–H and O–H groups in total. The summed E-state index contributed by atoms with van der Waals surface area (Å²) < 4.78 is 0. The lowest BCUT2D eigenvalue weighted by Gasteiger charge is -2.27. The highest BCUT2D eigenvalue weighted by Gasteiger charge is 2.18. The van der Waals surface area contributed by atoms with E-state index in [1.54, 1.807) is 0 Å². The third-order valence-corrected chi connectivity index (χ3v) is 5.05. The molecule has 1 fully saturated rings. The summed E-state index contributed by atoms with van der Waals surface area (Å²) in [6.07, 6.45) is 6.92. The Morgan fingerprint density at radius 3 is 2.71 bits per heavy atom. The number of nitrogens with zero attached hydrogens (tertiary/aromatic N) is 2. The molecule has 5 nitrogen and oxygen atoms in total. The number of pyridine rings is 1. The van der Waals surface area contributed by atoms with Crippen LogP contribution in [0.1, 0.15) is 32.6 Å². The topological polar surface area (TPSA) is 79.6 Å². The molecule has 0 amide bonds. The number of anilines is 2. The predicted molar refractivity (Wildman–Crippen MR) is 98.8 cm³/mol. The van der Waals surface area contributed by atoms with Gasteiger partial charge in [0, 0.05) is 17.6 Å². The molecule has 124 valence electrons. The molecule has 1 aliphatic carbocycles. The molecule has 0 atom stereocenters. The number of fused-ring (bicyclic) bond motifs is 1. The molecule has 2 heterocycles. The highest BCUT2D eigenvalue weighted by atomic mass is 15.1. The van der Waals surface area contributed by atoms with Crippen LogP contribution in [0.5, 0.6) is 0 Å². The number of rotatable bonds is 3. The highest BCUT2D eigenvalue weighted by molar-refractivity contribution is 5.92. The molecule has 0 unspecified atom stereocenters. The largest absolute Gasteiger partial charge is 0.382 e. The van der Waals surface area contributed by atoms with Crippen molar-refractivity contribution in [3.05, 3.63) is 36.5 Å². The molecule has 3 aromatic rings. The average Bonchev–Trinajstić information content (AvgIpc) is 2.98. The number of hydrogen-bond donors (Lipinski definition) is 3. The van der Waals surface area contributed by atoms with Crippen LogP contribution >= 0.6 is 0 Å². The zero-order valence-electron chi connectivity index (χ0n) is 13.9. The molecule has 2 aromatic heterocycles. The minimum Gasteiger partial charge on any atom is -0.382 e. The Balaban J connectivity index is 1.58. The van der Waals surface area contributed by atoms with E-state index in [0.717, 1.165) is 33.8 Å². The lowest BCUT2D eigenvalue weighted by molar-refractivity contribution is 0.361. The summed E-state index contributed by atoms with van der Waals surface area (Å²) in [5, 5.41) is 11.6. The summed E-state index contributed by atoms with van der Waals surface area (Å²) in [7, 11) is 0. The Bertz CT molecular complexity index is 846. The summed E-state index contributed by atoms with van der Waals surface area (Å²) in [6, 6.07) is 10.9. The fraction of sp³-hybridized carbons (Fsp3) is 0.368. The van der Waals surface area contributed by atoms with Crippen LogP contribution in [-0.2, 0) is 0 Å². The number of aromatic nitrogens is 3. The molecule has 0 aliphatic heterocycles. The van der Waals surface area contributed by atoms with Crippen LogP contribution < -0.4 is 11.1 Å². The Morgan fingerprint density at radius 2 is 1.88 bits per heavy atom. The maximum absolute atomic E-state index is 5.92. The van der Waals surface area contributed by atoms with E-state index in [-0.39, 0.29) is 0 Å². The van der Waals surface area contributed by atoms with E-state index in [1.165, 1.54) is 25.7 Å². The molecule has 0 saturated heterocycles. The number of benzene rings is 1. The van der Waals surface area contributed by atoms with E-state index in [9.17, 15) is 0 Å². The second-order valence-corrected chi connectivity index (χ2v) is 6.90. The van der Waals surface area contributed by atoms with Crippen LogP contribution in [0.25, 0.3) is 22.0 Å². The number of nitrogens with two attached hydrogens (primary N) is 1. The van der Waals surface area contributed by atoms with Gasteiger partial charge >= 0.3 is 0 Å². The first-order chi connectivity index (χ1) is 11.7. The van der Waals surface area contributed by atoms with E-state index in [0.29, 0.717) is 11.9 Å². The van der Waals surface area contributed by atoms with Gasteiger partial charge < -0.3 is 11.1 Å². The Labute approximate surface area is 141 Å². The van der Waals surface area contributed by atoms with Crippen molar-refractivity contribution in [1.29, 1.82) is 0 Å². The monoisotopic (exact) mass is 321 g/mol. The van der Waals surface area contributed by atoms with Crippen molar-refractivity contribution < 1.29 is 0 Å². The van der Waals surface area contributed by atoms with E-state index in [1.807, 2.05) is 18.3 Å². The summed E-state index contributed by atoms with van der Waals surface area (Å²) in [5.74, 6) is 2.34. The predicted octanol–water partition coefficient (Wildman–Crippen LogP) is 4.20. The van der Waals surface area contributed by atoms with Crippen LogP contribution in [0, 0.1) is 5.92 Å². The zero-order chi connectivity index (χ0) is 16.5. The first-order valence-electron chi connectivity index (χ1n) is 8.65. The smallest absolute Gasteiger partial charge is 0.153 e. The number of aromatic amines is 1. The standard InChI is InChI=1S/C19H23N5/c1-12-2-5-15(6-3-12)22-18-11-14(8-9-21-18)13-4-7-17-16(10-13)19(20)24-23-17/h4,7-12,15H,2-3,5-6H2,1H3,(H,21,22)(H3,20,23,24)/t12-,15-. The van der Waals surface area contributed by atoms with Gasteiger partial charge in [-0.15, -0.1) is 0 Å². The Hall–Kier alpha value is -2.56. The number of nitrogen functional groups attached to an aromatic ring is 1. The minimum absolute atomic E-state index is 0.538. The maximum atomic E-state index is 5.92. The van der Waals surface area contributed by atoms with Gasteiger partial charge in [0.05, 0.1) is 5.52 Å². The number of H-pyrrole nitrogens is 1. The van der Waals surface area contributed by atoms with Crippen molar-refractivity contribution in [3.8, 4) is 11.1 Å². The quantitative estimate of drug-likeness (QED) is 0.675. The molecule has 4 rings (SSSR count). The van der Waals surface area contributed by atoms with Gasteiger partial charge in [0.25, 0.3) is 0 Å². The summed E-state index contributed by atoms with van der Waals surface area (Å²) in [4.78, 5) is 4.49. The van der Waals surface area contributed by atoms with Crippen molar-refractivity contribution >= 4 is 22.5 Å². The molecule has 0 radical (unpaired) electrons. The van der Waals surface area contributed by atoms with E-state index >= 15 is 0 Å². The highest BCUT2D eigenvalue weighted by Crippen LogP contribution is 2.29. The van der Waals surface area contributed by atoms with E-state index in [4.69, 9.17) is 5.73 Å². The second-order valence-electron chi connectivity index (χ2n) is 6.90. The lowest BCUT2D eigenvalue weighted by atomic mass is 9.87. The van der Waals surface area contributed by atoms with Crippen LogP contribution in [0.15, 0.2) is 36.5 Å². The molecule has 1 saturated carbocycles. The van der Waals surface area contributed by atoms with Gasteiger partial charge in [-0.05, 0) is 67.0 Å². The van der Waals surface area contributed by atoms with Crippen LogP contribution in [-0.4, -0.2) is 21.2 Å². The third-order valence-electron chi connectivity index (χ3n) is 5.05. The molecular weight excluding hydrogens is 298 g/mol. The maximum Gasteiger partial charge on any atom is 0.153 e. The summed E-state index contributed by atoms with van der Waals surface area (Å²) in [6.45, 7) is 2.34. The third kappa shape index (κ3) is 2.94. The van der Waals surface area contributed by atoms with Crippen LogP contribution in [0.3, 0.4) is 0 Å². The van der Waals surface area contributed by atoms with Gasteiger partial charge in [-0.3, -0.25) is 5.10 Å². The van der Waals surface area contributed by atoms with Gasteiger partial charge in [-0.1, -0.05) is 13.0 Å². The van der Waals surface area contributed by atoms with Gasteiger partial charge in [-0.25, -0.2) is 4.98 Å². The van der Waals surface area contributed by atoms with Crippen LogP contribution in [0.4, 0.5) is 11.6 Å². The SMILES string of the molecule is C[C@H]1CC[C@H](Nc2cc(-c3ccc4[nH]nc(N)c4c3)ccn2)CC1. The first-order valence-corrected chi connectivity index (χ1v) is 8.65. The normalized spacial score (nSPS) is 21.0. The van der Waals surface area contributed by atoms with Crippen molar-refractivity contribution in [2.45, 2.75) is 38.6 Å². The molecule has 5 heteroatoms. The van der Waals surface area contributed by atoms with E-state index < -0.39 is 0 Å². The fourth-order valence-corrected chi connectivity index (χ4v) is 3.52. The van der Waals surface area contributed by atoms with Crippen molar-refractivity contribution in [2.24, 2.45) is 5.92 Å². The zero-order valence-corrected chi connectivity index (χ0v) is 13.9. The molecule has 1 aliphatic rings. The summed E-state index contributed by atoms with van der Waals surface area (Å²) in [5.41, 5.74) is 9.14. The Morgan fingerprint density at radius 1 is 1.08 bits per heavy atom. The van der Waals surface area contributed by atoms with Crippen molar-refractivity contribution in [1.82, 2.24) is 15.2 Å².